The number of hydrogen-bond acceptors (Lipinski definition) is 5. The van der Waals surface area contributed by atoms with Crippen LogP contribution < -0.4 is 10.7 Å². The maximum atomic E-state index is 12.0. The number of rotatable bonds is 2. The second-order valence-corrected chi connectivity index (χ2v) is 5.73. The van der Waals surface area contributed by atoms with Gasteiger partial charge in [0.25, 0.3) is 5.91 Å². The van der Waals surface area contributed by atoms with E-state index in [4.69, 9.17) is 0 Å². The molecule has 100 valence electrons. The minimum atomic E-state index is -0.272. The van der Waals surface area contributed by atoms with E-state index in [0.29, 0.717) is 23.7 Å². The molecule has 1 aromatic heterocycles. The molecule has 2 amide bonds. The highest BCUT2D eigenvalue weighted by molar-refractivity contribution is 7.16. The summed E-state index contributed by atoms with van der Waals surface area (Å²) in [7, 11) is 0. The number of aromatic nitrogens is 1. The van der Waals surface area contributed by atoms with Crippen molar-refractivity contribution in [2.45, 2.75) is 38.5 Å². The molecule has 1 aliphatic carbocycles. The normalized spacial score (nSPS) is 18.3. The van der Waals surface area contributed by atoms with E-state index >= 15 is 0 Å². The molecule has 0 saturated carbocycles. The van der Waals surface area contributed by atoms with Gasteiger partial charge in [-0.1, -0.05) is 0 Å². The number of nitrogens with one attached hydrogen (secondary N) is 2. The van der Waals surface area contributed by atoms with E-state index in [-0.39, 0.29) is 11.8 Å². The first kappa shape index (κ1) is 12.3. The van der Waals surface area contributed by atoms with Gasteiger partial charge in [0, 0.05) is 17.7 Å². The van der Waals surface area contributed by atoms with Crippen LogP contribution in [0.25, 0.3) is 0 Å². The molecule has 0 unspecified atom stereocenters. The molecular formula is C12H14N4O2S. The molecule has 0 radical (unpaired) electrons. The third kappa shape index (κ3) is 2.65. The number of anilines is 1. The molecular weight excluding hydrogens is 264 g/mol. The van der Waals surface area contributed by atoms with Gasteiger partial charge in [-0.15, -0.1) is 11.3 Å². The van der Waals surface area contributed by atoms with Crippen LogP contribution in [0.4, 0.5) is 5.13 Å². The average molecular weight is 278 g/mol. The molecule has 0 fully saturated rings. The van der Waals surface area contributed by atoms with E-state index in [1.165, 1.54) is 17.7 Å². The Balaban J connectivity index is 1.69. The highest BCUT2D eigenvalue weighted by atomic mass is 32.1. The van der Waals surface area contributed by atoms with Crippen molar-refractivity contribution < 1.29 is 9.59 Å². The fourth-order valence-corrected chi connectivity index (χ4v) is 3.26. The van der Waals surface area contributed by atoms with Gasteiger partial charge >= 0.3 is 0 Å². The second-order valence-electron chi connectivity index (χ2n) is 4.64. The lowest BCUT2D eigenvalue weighted by Gasteiger charge is -2.10. The van der Waals surface area contributed by atoms with E-state index in [9.17, 15) is 9.59 Å². The Morgan fingerprint density at radius 2 is 2.05 bits per heavy atom. The van der Waals surface area contributed by atoms with Crippen molar-refractivity contribution >= 4 is 34.0 Å². The van der Waals surface area contributed by atoms with Crippen LogP contribution in [-0.4, -0.2) is 22.5 Å². The number of fused-ring (bicyclic) bond motifs is 1. The Hall–Kier alpha value is -1.76. The largest absolute Gasteiger partial charge is 0.297 e. The number of thiazole rings is 1. The van der Waals surface area contributed by atoms with Crippen LogP contribution in [-0.2, 0) is 22.4 Å². The van der Waals surface area contributed by atoms with Crippen LogP contribution in [0.2, 0.25) is 0 Å². The smallest absolute Gasteiger partial charge is 0.273 e. The van der Waals surface area contributed by atoms with Crippen molar-refractivity contribution in [3.05, 3.63) is 10.6 Å². The van der Waals surface area contributed by atoms with Crippen LogP contribution in [0.5, 0.6) is 0 Å². The number of hydrogen-bond donors (Lipinski definition) is 2. The van der Waals surface area contributed by atoms with Crippen LogP contribution in [0, 0.1) is 0 Å². The van der Waals surface area contributed by atoms with Crippen molar-refractivity contribution in [3.8, 4) is 0 Å². The Morgan fingerprint density at radius 3 is 2.79 bits per heavy atom. The zero-order valence-electron chi connectivity index (χ0n) is 10.4. The first-order valence-electron chi connectivity index (χ1n) is 6.38. The first-order chi connectivity index (χ1) is 9.22. The van der Waals surface area contributed by atoms with E-state index in [1.54, 1.807) is 11.3 Å². The van der Waals surface area contributed by atoms with Gasteiger partial charge in [-0.05, 0) is 25.7 Å². The summed E-state index contributed by atoms with van der Waals surface area (Å²) in [4.78, 5) is 28.6. The summed E-state index contributed by atoms with van der Waals surface area (Å²) in [6.45, 7) is 0. The molecule has 7 heteroatoms. The molecule has 1 aromatic rings. The molecule has 0 bridgehead atoms. The zero-order valence-corrected chi connectivity index (χ0v) is 11.2. The van der Waals surface area contributed by atoms with Gasteiger partial charge in [0.05, 0.1) is 5.69 Å². The van der Waals surface area contributed by atoms with E-state index in [0.717, 1.165) is 18.5 Å². The number of carbonyl (C=O) groups excluding carboxylic acids is 2. The van der Waals surface area contributed by atoms with Crippen LogP contribution >= 0.6 is 11.3 Å². The Kier molecular flexibility index (Phi) is 3.29. The van der Waals surface area contributed by atoms with Crippen molar-refractivity contribution in [3.63, 3.8) is 0 Å². The van der Waals surface area contributed by atoms with E-state index < -0.39 is 0 Å². The summed E-state index contributed by atoms with van der Waals surface area (Å²) in [6.07, 6.45) is 5.10. The Labute approximate surface area is 114 Å². The van der Waals surface area contributed by atoms with Crippen molar-refractivity contribution in [2.24, 2.45) is 5.10 Å². The zero-order chi connectivity index (χ0) is 13.2. The minimum Gasteiger partial charge on any atom is -0.297 e. The van der Waals surface area contributed by atoms with Gasteiger partial charge in [-0.25, -0.2) is 10.4 Å². The molecule has 0 spiro atoms. The lowest BCUT2D eigenvalue weighted by atomic mass is 10.0. The summed E-state index contributed by atoms with van der Waals surface area (Å²) < 4.78 is 0. The summed E-state index contributed by atoms with van der Waals surface area (Å²) >= 11 is 1.54. The van der Waals surface area contributed by atoms with E-state index in [2.05, 4.69) is 20.8 Å². The van der Waals surface area contributed by atoms with Gasteiger partial charge in [0.1, 0.15) is 5.71 Å². The minimum absolute atomic E-state index is 0.152. The van der Waals surface area contributed by atoms with Gasteiger partial charge in [0.2, 0.25) is 5.91 Å². The fraction of sp³-hybridized carbons (Fsp3) is 0.500. The molecule has 2 heterocycles. The van der Waals surface area contributed by atoms with Gasteiger partial charge < -0.3 is 0 Å². The monoisotopic (exact) mass is 278 g/mol. The maximum Gasteiger partial charge on any atom is 0.273 e. The third-order valence-electron chi connectivity index (χ3n) is 3.23. The predicted octanol–water partition coefficient (Wildman–Crippen LogP) is 1.23. The van der Waals surface area contributed by atoms with Gasteiger partial charge in [-0.2, -0.15) is 5.10 Å². The third-order valence-corrected chi connectivity index (χ3v) is 4.31. The first-order valence-corrected chi connectivity index (χ1v) is 7.19. The van der Waals surface area contributed by atoms with Gasteiger partial charge in [0.15, 0.2) is 5.13 Å². The summed E-state index contributed by atoms with van der Waals surface area (Å²) in [5.74, 6) is -0.424. The maximum absolute atomic E-state index is 12.0. The number of nitrogens with zero attached hydrogens (tertiary/aromatic N) is 2. The van der Waals surface area contributed by atoms with Crippen LogP contribution in [0.15, 0.2) is 5.10 Å². The Morgan fingerprint density at radius 1 is 1.21 bits per heavy atom. The van der Waals surface area contributed by atoms with Crippen LogP contribution in [0.1, 0.15) is 36.3 Å². The highest BCUT2D eigenvalue weighted by Gasteiger charge is 2.21. The average Bonchev–Trinajstić information content (AvgIpc) is 2.81. The molecule has 19 heavy (non-hydrogen) atoms. The number of hydrazone groups is 1. The fourth-order valence-electron chi connectivity index (χ4n) is 2.21. The molecule has 2 N–H and O–H groups in total. The molecule has 0 atom stereocenters. The molecule has 6 nitrogen and oxygen atoms in total. The van der Waals surface area contributed by atoms with Crippen molar-refractivity contribution in [1.29, 1.82) is 0 Å². The second kappa shape index (κ2) is 5.08. The van der Waals surface area contributed by atoms with Gasteiger partial charge in [-0.3, -0.25) is 14.9 Å². The number of aryl methyl sites for hydroxylation is 2. The Bertz CT molecular complexity index is 541. The molecule has 0 aromatic carbocycles. The lowest BCUT2D eigenvalue weighted by Crippen LogP contribution is -2.32. The molecule has 1 aliphatic heterocycles. The predicted molar refractivity (Wildman–Crippen MR) is 72.2 cm³/mol. The quantitative estimate of drug-likeness (QED) is 0.853. The van der Waals surface area contributed by atoms with Crippen molar-refractivity contribution in [2.75, 3.05) is 5.32 Å². The highest BCUT2D eigenvalue weighted by Crippen LogP contribution is 2.29. The molecule has 3 rings (SSSR count). The summed E-state index contributed by atoms with van der Waals surface area (Å²) in [5, 5.41) is 7.18. The number of carbonyl (C=O) groups is 2. The molecule has 2 aliphatic rings. The molecule has 0 saturated heterocycles. The summed E-state index contributed by atoms with van der Waals surface area (Å²) in [6, 6.07) is 0. The van der Waals surface area contributed by atoms with Crippen molar-refractivity contribution in [1.82, 2.24) is 10.4 Å². The number of amides is 2. The van der Waals surface area contributed by atoms with E-state index in [1.807, 2.05) is 0 Å². The summed E-state index contributed by atoms with van der Waals surface area (Å²) in [5.41, 5.74) is 3.79. The lowest BCUT2D eigenvalue weighted by molar-refractivity contribution is -0.121. The standard InChI is InChI=1S/C12H14N4O2S/c17-10-6-5-8(15-16-10)11(18)14-12-13-7-3-1-2-4-9(7)19-12/h1-6H2,(H,16,17)(H,13,14,18). The SMILES string of the molecule is O=C1CCC(C(=O)Nc2nc3c(s2)CCCC3)=NN1. The van der Waals surface area contributed by atoms with Crippen LogP contribution in [0.3, 0.4) is 0 Å². The topological polar surface area (TPSA) is 83.5 Å².